The van der Waals surface area contributed by atoms with E-state index in [9.17, 15) is 10.5 Å². The predicted molar refractivity (Wildman–Crippen MR) is 147 cm³/mol. The van der Waals surface area contributed by atoms with Gasteiger partial charge in [0.15, 0.2) is 0 Å². The fraction of sp³-hybridized carbons (Fsp3) is 0.200. The lowest BCUT2D eigenvalue weighted by atomic mass is 10.1. The first-order valence-electron chi connectivity index (χ1n) is 11.8. The monoisotopic (exact) mass is 494 g/mol. The highest BCUT2D eigenvalue weighted by Crippen LogP contribution is 2.25. The molecule has 0 amide bonds. The average Bonchev–Trinajstić information content (AvgIpc) is 2.92. The van der Waals surface area contributed by atoms with Gasteiger partial charge >= 0.3 is 0 Å². The number of likely N-dealkylation sites (N-methyl/N-ethyl adjacent to an activating group) is 2. The summed E-state index contributed by atoms with van der Waals surface area (Å²) in [4.78, 5) is 3.93. The van der Waals surface area contributed by atoms with Crippen LogP contribution >= 0.6 is 0 Å². The predicted octanol–water partition coefficient (Wildman–Crippen LogP) is 4.41. The summed E-state index contributed by atoms with van der Waals surface area (Å²) in [7, 11) is 3.84. The normalized spacial score (nSPS) is 13.0. The maximum absolute atomic E-state index is 9.38. The van der Waals surface area contributed by atoms with Gasteiger partial charge in [-0.05, 0) is 59.7 Å². The van der Waals surface area contributed by atoms with Gasteiger partial charge in [-0.25, -0.2) is 0 Å². The second-order valence-corrected chi connectivity index (χ2v) is 8.39. The lowest BCUT2D eigenvalue weighted by Crippen LogP contribution is -2.20. The van der Waals surface area contributed by atoms with Gasteiger partial charge in [-0.1, -0.05) is 36.4 Å². The number of aliphatic hydroxyl groups excluding tert-OH is 2. The zero-order chi connectivity index (χ0) is 26.6. The molecule has 0 unspecified atom stereocenters. The number of benzene rings is 2. The second-order valence-electron chi connectivity index (χ2n) is 8.39. The molecule has 0 atom stereocenters. The minimum Gasteiger partial charge on any atom is -0.457 e. The quantitative estimate of drug-likeness (QED) is 0.472. The van der Waals surface area contributed by atoms with Gasteiger partial charge in [0.25, 0.3) is 0 Å². The topological polar surface area (TPSA) is 104 Å². The summed E-state index contributed by atoms with van der Waals surface area (Å²) < 4.78 is 6.01. The molecule has 3 rings (SSSR count). The Bertz CT molecular complexity index is 1210. The maximum atomic E-state index is 9.38. The summed E-state index contributed by atoms with van der Waals surface area (Å²) in [6.07, 6.45) is 10.7. The lowest BCUT2D eigenvalue weighted by Gasteiger charge is -2.18. The van der Waals surface area contributed by atoms with Crippen molar-refractivity contribution in [2.45, 2.75) is 0 Å². The summed E-state index contributed by atoms with van der Waals surface area (Å²) in [6.45, 7) is 1.28. The van der Waals surface area contributed by atoms with E-state index in [2.05, 4.69) is 0 Å². The van der Waals surface area contributed by atoms with E-state index in [1.807, 2.05) is 96.7 Å². The number of nitrogens with zero attached hydrogens (tertiary/aromatic N) is 4. The minimum absolute atomic E-state index is 0.00708. The molecular formula is C30H30N4O3. The van der Waals surface area contributed by atoms with Crippen LogP contribution in [0.15, 0.2) is 95.5 Å². The number of nitriles is 2. The fourth-order valence-electron chi connectivity index (χ4n) is 3.60. The molecule has 0 radical (unpaired) electrons. The molecule has 0 aliphatic carbocycles. The van der Waals surface area contributed by atoms with Crippen LogP contribution in [0.4, 0.5) is 11.4 Å². The van der Waals surface area contributed by atoms with Crippen LogP contribution < -0.4 is 9.80 Å². The molecule has 0 spiro atoms. The average molecular weight is 495 g/mol. The van der Waals surface area contributed by atoms with E-state index in [0.717, 1.165) is 22.5 Å². The van der Waals surface area contributed by atoms with Crippen molar-refractivity contribution in [1.29, 1.82) is 10.5 Å². The molecule has 2 aromatic carbocycles. The van der Waals surface area contributed by atoms with Crippen molar-refractivity contribution in [3.63, 3.8) is 0 Å². The Kier molecular flexibility index (Phi) is 9.87. The van der Waals surface area contributed by atoms with Gasteiger partial charge in [-0.2, -0.15) is 10.5 Å². The zero-order valence-corrected chi connectivity index (χ0v) is 21.0. The second kappa shape index (κ2) is 13.5. The molecule has 7 heteroatoms. The Labute approximate surface area is 218 Å². The molecule has 1 aliphatic heterocycles. The molecule has 0 saturated heterocycles. The van der Waals surface area contributed by atoms with E-state index in [1.165, 1.54) is 0 Å². The molecule has 0 bridgehead atoms. The zero-order valence-electron chi connectivity index (χ0n) is 21.0. The summed E-state index contributed by atoms with van der Waals surface area (Å²) >= 11 is 0. The first kappa shape index (κ1) is 27.0. The van der Waals surface area contributed by atoms with Crippen molar-refractivity contribution in [2.24, 2.45) is 0 Å². The van der Waals surface area contributed by atoms with E-state index in [0.29, 0.717) is 30.2 Å². The fourth-order valence-corrected chi connectivity index (χ4v) is 3.60. The highest BCUT2D eigenvalue weighted by atomic mass is 16.5. The van der Waals surface area contributed by atoms with E-state index in [4.69, 9.17) is 14.9 Å². The Balaban J connectivity index is 1.79. The third-order valence-electron chi connectivity index (χ3n) is 5.76. The van der Waals surface area contributed by atoms with Crippen LogP contribution in [0.2, 0.25) is 0 Å². The van der Waals surface area contributed by atoms with E-state index >= 15 is 0 Å². The molecule has 188 valence electrons. The SMILES string of the molecule is CN(CCO)c1ccc(C=CC2=CC(=C(C#N)C#N)C=C(C=Cc3ccc(N(C)CCO)cc3)O2)cc1. The molecule has 2 aromatic rings. The van der Waals surface area contributed by atoms with Gasteiger partial charge in [0, 0.05) is 44.1 Å². The van der Waals surface area contributed by atoms with Crippen LogP contribution in [-0.4, -0.2) is 50.6 Å². The summed E-state index contributed by atoms with van der Waals surface area (Å²) in [5, 5.41) is 37.0. The highest BCUT2D eigenvalue weighted by Gasteiger charge is 2.12. The summed E-state index contributed by atoms with van der Waals surface area (Å²) in [5.74, 6) is 1.00. The maximum Gasteiger partial charge on any atom is 0.137 e. The van der Waals surface area contributed by atoms with Crippen molar-refractivity contribution in [1.82, 2.24) is 0 Å². The van der Waals surface area contributed by atoms with Crippen LogP contribution in [-0.2, 0) is 4.74 Å². The summed E-state index contributed by atoms with van der Waals surface area (Å²) in [6, 6.07) is 19.6. The van der Waals surface area contributed by atoms with Gasteiger partial charge in [0.1, 0.15) is 29.2 Å². The molecule has 1 heterocycles. The Morgan fingerprint density at radius 2 is 1.14 bits per heavy atom. The lowest BCUT2D eigenvalue weighted by molar-refractivity contribution is 0.304. The largest absolute Gasteiger partial charge is 0.457 e. The number of hydrogen-bond acceptors (Lipinski definition) is 7. The van der Waals surface area contributed by atoms with Crippen molar-refractivity contribution in [2.75, 3.05) is 50.2 Å². The van der Waals surface area contributed by atoms with E-state index in [-0.39, 0.29) is 18.8 Å². The van der Waals surface area contributed by atoms with Gasteiger partial charge in [-0.15, -0.1) is 0 Å². The number of rotatable bonds is 10. The summed E-state index contributed by atoms with van der Waals surface area (Å²) in [5.41, 5.74) is 4.40. The standard InChI is InChI=1S/C30H30N4O3/c1-33(15-17-35)27-9-3-23(4-10-27)7-13-29-19-25(26(21-31)22-32)20-30(37-29)14-8-24-5-11-28(12-6-24)34(2)16-18-36/h3-14,19-20,35-36H,15-18H2,1-2H3. The number of hydrogen-bond donors (Lipinski definition) is 2. The van der Waals surface area contributed by atoms with E-state index < -0.39 is 0 Å². The molecular weight excluding hydrogens is 464 g/mol. The van der Waals surface area contributed by atoms with Crippen molar-refractivity contribution in [3.8, 4) is 12.1 Å². The van der Waals surface area contributed by atoms with Crippen LogP contribution in [0, 0.1) is 22.7 Å². The van der Waals surface area contributed by atoms with Crippen LogP contribution in [0.1, 0.15) is 11.1 Å². The van der Waals surface area contributed by atoms with Crippen LogP contribution in [0.25, 0.3) is 12.2 Å². The molecule has 0 fully saturated rings. The van der Waals surface area contributed by atoms with Gasteiger partial charge < -0.3 is 24.7 Å². The van der Waals surface area contributed by atoms with Gasteiger partial charge in [0.2, 0.25) is 0 Å². The Morgan fingerprint density at radius 3 is 1.49 bits per heavy atom. The smallest absolute Gasteiger partial charge is 0.137 e. The third kappa shape index (κ3) is 7.71. The molecule has 0 saturated carbocycles. The number of ether oxygens (including phenoxy) is 1. The minimum atomic E-state index is 0.00708. The first-order valence-corrected chi connectivity index (χ1v) is 11.8. The highest BCUT2D eigenvalue weighted by molar-refractivity contribution is 5.62. The number of aliphatic hydroxyl groups is 2. The molecule has 7 nitrogen and oxygen atoms in total. The van der Waals surface area contributed by atoms with Crippen molar-refractivity contribution in [3.05, 3.63) is 107 Å². The van der Waals surface area contributed by atoms with Crippen LogP contribution in [0.3, 0.4) is 0 Å². The van der Waals surface area contributed by atoms with Crippen molar-refractivity contribution >= 4 is 23.5 Å². The van der Waals surface area contributed by atoms with Gasteiger partial charge in [0.05, 0.1) is 13.2 Å². The van der Waals surface area contributed by atoms with Gasteiger partial charge in [-0.3, -0.25) is 0 Å². The number of allylic oxidation sites excluding steroid dienone is 6. The first-order chi connectivity index (χ1) is 18.0. The Hall–Kier alpha value is -4.56. The Morgan fingerprint density at radius 1 is 0.730 bits per heavy atom. The molecule has 1 aliphatic rings. The van der Waals surface area contributed by atoms with Crippen LogP contribution in [0.5, 0.6) is 0 Å². The van der Waals surface area contributed by atoms with E-state index in [1.54, 1.807) is 24.3 Å². The number of anilines is 2. The molecule has 2 N–H and O–H groups in total. The molecule has 37 heavy (non-hydrogen) atoms. The molecule has 0 aromatic heterocycles. The van der Waals surface area contributed by atoms with Crippen molar-refractivity contribution < 1.29 is 14.9 Å². The third-order valence-corrected chi connectivity index (χ3v) is 5.76.